The molecule has 0 N–H and O–H groups in total. The van der Waals surface area contributed by atoms with Crippen LogP contribution in [-0.2, 0) is 14.3 Å². The van der Waals surface area contributed by atoms with E-state index in [0.717, 1.165) is 44.8 Å². The number of ether oxygens (including phenoxy) is 2. The molecule has 9 heteroatoms. The second-order valence-electron chi connectivity index (χ2n) is 7.41. The maximum atomic E-state index is 12.8. The molecule has 1 amide bonds. The lowest BCUT2D eigenvalue weighted by Gasteiger charge is -2.27. The molecule has 168 valence electrons. The van der Waals surface area contributed by atoms with E-state index in [0.29, 0.717) is 32.9 Å². The fraction of sp³-hybridized carbons (Fsp3) is 0.348. The van der Waals surface area contributed by atoms with Gasteiger partial charge in [0.15, 0.2) is 0 Å². The predicted octanol–water partition coefficient (Wildman–Crippen LogP) is 3.66. The van der Waals surface area contributed by atoms with Gasteiger partial charge in [0.25, 0.3) is 5.91 Å². The van der Waals surface area contributed by atoms with Crippen LogP contribution in [0.3, 0.4) is 0 Å². The average Bonchev–Trinajstić information content (AvgIpc) is 3.39. The van der Waals surface area contributed by atoms with Crippen LogP contribution in [-0.4, -0.2) is 72.5 Å². The van der Waals surface area contributed by atoms with E-state index in [9.17, 15) is 9.59 Å². The van der Waals surface area contributed by atoms with Crippen LogP contribution in [0, 0.1) is 0 Å². The number of esters is 1. The summed E-state index contributed by atoms with van der Waals surface area (Å²) in [6.45, 7) is 4.94. The molecule has 2 aliphatic heterocycles. The Bertz CT molecular complexity index is 1030. The first-order valence-corrected chi connectivity index (χ1v) is 11.6. The van der Waals surface area contributed by atoms with Crippen molar-refractivity contribution < 1.29 is 23.5 Å². The quantitative estimate of drug-likeness (QED) is 0.344. The van der Waals surface area contributed by atoms with Crippen LogP contribution < -0.4 is 0 Å². The maximum Gasteiger partial charge on any atom is 0.337 e. The van der Waals surface area contributed by atoms with Gasteiger partial charge >= 0.3 is 5.97 Å². The summed E-state index contributed by atoms with van der Waals surface area (Å²) < 4.78 is 16.6. The zero-order valence-corrected chi connectivity index (χ0v) is 19.4. The summed E-state index contributed by atoms with van der Waals surface area (Å²) in [5.41, 5.74) is 1.30. The largest absolute Gasteiger partial charge is 0.465 e. The zero-order chi connectivity index (χ0) is 22.5. The minimum atomic E-state index is -0.386. The number of benzene rings is 1. The van der Waals surface area contributed by atoms with E-state index in [1.54, 1.807) is 35.2 Å². The molecule has 2 saturated heterocycles. The van der Waals surface area contributed by atoms with Crippen molar-refractivity contribution in [3.05, 3.63) is 52.6 Å². The fourth-order valence-electron chi connectivity index (χ4n) is 3.57. The first kappa shape index (κ1) is 22.7. The Balaban J connectivity index is 1.37. The molecule has 4 rings (SSSR count). The van der Waals surface area contributed by atoms with Gasteiger partial charge in [-0.3, -0.25) is 14.6 Å². The third-order valence-corrected chi connectivity index (χ3v) is 6.70. The van der Waals surface area contributed by atoms with Gasteiger partial charge in [0.05, 0.1) is 30.8 Å². The van der Waals surface area contributed by atoms with Crippen LogP contribution in [0.1, 0.15) is 22.5 Å². The molecule has 2 aliphatic rings. The lowest BCUT2D eigenvalue weighted by molar-refractivity contribution is -0.122. The van der Waals surface area contributed by atoms with E-state index in [4.69, 9.17) is 26.1 Å². The molecule has 2 aromatic rings. The normalized spacial score (nSPS) is 18.5. The predicted molar refractivity (Wildman–Crippen MR) is 127 cm³/mol. The van der Waals surface area contributed by atoms with E-state index in [1.807, 2.05) is 12.1 Å². The van der Waals surface area contributed by atoms with Gasteiger partial charge in [-0.2, -0.15) is 0 Å². The van der Waals surface area contributed by atoms with E-state index < -0.39 is 0 Å². The number of carbonyl (C=O) groups excluding carboxylic acids is 2. The number of methoxy groups -OCH3 is 1. The van der Waals surface area contributed by atoms with Crippen molar-refractivity contribution in [3.63, 3.8) is 0 Å². The Morgan fingerprint density at radius 3 is 2.62 bits per heavy atom. The second-order valence-corrected chi connectivity index (χ2v) is 9.09. The molecule has 1 aromatic heterocycles. The Morgan fingerprint density at radius 2 is 1.91 bits per heavy atom. The van der Waals surface area contributed by atoms with Crippen LogP contribution in [0.5, 0.6) is 0 Å². The topological polar surface area (TPSA) is 72.2 Å². The number of hydrogen-bond donors (Lipinski definition) is 0. The summed E-state index contributed by atoms with van der Waals surface area (Å²) in [6.07, 6.45) is 2.60. The van der Waals surface area contributed by atoms with Gasteiger partial charge in [0.1, 0.15) is 15.8 Å². The molecule has 0 unspecified atom stereocenters. The number of hydrogen-bond acceptors (Lipinski definition) is 8. The van der Waals surface area contributed by atoms with Crippen LogP contribution in [0.4, 0.5) is 0 Å². The average molecular weight is 473 g/mol. The SMILES string of the molecule is COC(=O)c1ccc(-c2ccc(/C=C3/SC(=S)N(CCCN4CCOCC4)C3=O)o2)cc1. The van der Waals surface area contributed by atoms with Crippen molar-refractivity contribution in [2.75, 3.05) is 46.5 Å². The minimum Gasteiger partial charge on any atom is -0.465 e. The van der Waals surface area contributed by atoms with Gasteiger partial charge in [-0.15, -0.1) is 0 Å². The molecule has 0 bridgehead atoms. The molecule has 0 radical (unpaired) electrons. The van der Waals surface area contributed by atoms with Crippen LogP contribution in [0.2, 0.25) is 0 Å². The number of furan rings is 1. The summed E-state index contributed by atoms with van der Waals surface area (Å²) in [7, 11) is 1.35. The third-order valence-electron chi connectivity index (χ3n) is 5.32. The highest BCUT2D eigenvalue weighted by Gasteiger charge is 2.32. The molecule has 3 heterocycles. The summed E-state index contributed by atoms with van der Waals surface area (Å²) in [5, 5.41) is 0. The van der Waals surface area contributed by atoms with Crippen molar-refractivity contribution in [2.24, 2.45) is 0 Å². The van der Waals surface area contributed by atoms with E-state index in [2.05, 4.69) is 4.90 Å². The molecular formula is C23H24N2O5S2. The first-order chi connectivity index (χ1) is 15.5. The van der Waals surface area contributed by atoms with Gasteiger partial charge in [0, 0.05) is 37.8 Å². The Kier molecular flexibility index (Phi) is 7.41. The van der Waals surface area contributed by atoms with Crippen LogP contribution in [0.25, 0.3) is 17.4 Å². The van der Waals surface area contributed by atoms with Gasteiger partial charge in [-0.25, -0.2) is 4.79 Å². The monoisotopic (exact) mass is 472 g/mol. The van der Waals surface area contributed by atoms with E-state index in [1.165, 1.54) is 18.9 Å². The fourth-order valence-corrected chi connectivity index (χ4v) is 4.86. The molecule has 0 aliphatic carbocycles. The van der Waals surface area contributed by atoms with Crippen molar-refractivity contribution in [1.29, 1.82) is 0 Å². The molecule has 0 saturated carbocycles. The first-order valence-electron chi connectivity index (χ1n) is 10.4. The van der Waals surface area contributed by atoms with E-state index >= 15 is 0 Å². The lowest BCUT2D eigenvalue weighted by Crippen LogP contribution is -2.38. The molecule has 7 nitrogen and oxygen atoms in total. The highest BCUT2D eigenvalue weighted by molar-refractivity contribution is 8.26. The minimum absolute atomic E-state index is 0.0811. The number of morpholine rings is 1. The van der Waals surface area contributed by atoms with Crippen molar-refractivity contribution >= 4 is 46.3 Å². The number of nitrogens with zero attached hydrogens (tertiary/aromatic N) is 2. The standard InChI is InChI=1S/C23H24N2O5S2/c1-28-22(27)17-5-3-16(4-6-17)19-8-7-18(30-19)15-20-21(26)25(23(31)32-20)10-2-9-24-11-13-29-14-12-24/h3-8,15H,2,9-14H2,1H3/b20-15+. The third kappa shape index (κ3) is 5.29. The molecule has 32 heavy (non-hydrogen) atoms. The number of amides is 1. The maximum absolute atomic E-state index is 12.8. The summed E-state index contributed by atoms with van der Waals surface area (Å²) >= 11 is 6.73. The molecule has 0 atom stereocenters. The summed E-state index contributed by atoms with van der Waals surface area (Å²) in [5.74, 6) is 0.755. The highest BCUT2D eigenvalue weighted by Crippen LogP contribution is 2.33. The number of rotatable bonds is 7. The summed E-state index contributed by atoms with van der Waals surface area (Å²) in [6, 6.07) is 10.6. The molecule has 2 fully saturated rings. The Hall–Kier alpha value is -2.46. The van der Waals surface area contributed by atoms with Gasteiger partial charge < -0.3 is 13.9 Å². The van der Waals surface area contributed by atoms with Crippen molar-refractivity contribution in [2.45, 2.75) is 6.42 Å². The lowest BCUT2D eigenvalue weighted by atomic mass is 10.1. The Labute approximate surface area is 196 Å². The smallest absolute Gasteiger partial charge is 0.337 e. The molecule has 0 spiro atoms. The highest BCUT2D eigenvalue weighted by atomic mass is 32.2. The van der Waals surface area contributed by atoms with E-state index in [-0.39, 0.29) is 11.9 Å². The second kappa shape index (κ2) is 10.4. The molecular weight excluding hydrogens is 448 g/mol. The van der Waals surface area contributed by atoms with Crippen LogP contribution in [0.15, 0.2) is 45.7 Å². The van der Waals surface area contributed by atoms with Crippen molar-refractivity contribution in [1.82, 2.24) is 9.80 Å². The number of thioether (sulfide) groups is 1. The van der Waals surface area contributed by atoms with Gasteiger partial charge in [0.2, 0.25) is 0 Å². The molecule has 1 aromatic carbocycles. The van der Waals surface area contributed by atoms with Crippen LogP contribution >= 0.6 is 24.0 Å². The summed E-state index contributed by atoms with van der Waals surface area (Å²) in [4.78, 5) is 29.0. The van der Waals surface area contributed by atoms with Gasteiger partial charge in [-0.05, 0) is 30.7 Å². The number of carbonyl (C=O) groups is 2. The zero-order valence-electron chi connectivity index (χ0n) is 17.7. The van der Waals surface area contributed by atoms with Gasteiger partial charge in [-0.1, -0.05) is 36.1 Å². The Morgan fingerprint density at radius 1 is 1.16 bits per heavy atom. The number of thiocarbonyl (C=S) groups is 1. The van der Waals surface area contributed by atoms with Crippen molar-refractivity contribution in [3.8, 4) is 11.3 Å².